The molecule has 0 aliphatic rings. The summed E-state index contributed by atoms with van der Waals surface area (Å²) in [5.74, 6) is -0.0508. The Morgan fingerprint density at radius 1 is 1.30 bits per heavy atom. The van der Waals surface area contributed by atoms with E-state index >= 15 is 0 Å². The normalized spacial score (nSPS) is 11.5. The Labute approximate surface area is 135 Å². The summed E-state index contributed by atoms with van der Waals surface area (Å²) >= 11 is 0. The number of rotatable bonds is 6. The van der Waals surface area contributed by atoms with Gasteiger partial charge in [0.1, 0.15) is 11.6 Å². The Kier molecular flexibility index (Phi) is 5.33. The summed E-state index contributed by atoms with van der Waals surface area (Å²) in [7, 11) is -2.03. The highest BCUT2D eigenvalue weighted by atomic mass is 32.2. The first-order chi connectivity index (χ1) is 10.8. The van der Waals surface area contributed by atoms with Crippen molar-refractivity contribution in [3.8, 4) is 5.75 Å². The molecular weight excluding hydrogens is 319 g/mol. The van der Waals surface area contributed by atoms with Gasteiger partial charge in [0.15, 0.2) is 0 Å². The number of nitrogens with one attached hydrogen (secondary N) is 1. The third-order valence-electron chi connectivity index (χ3n) is 3.46. The topological polar surface area (TPSA) is 68.3 Å². The lowest BCUT2D eigenvalue weighted by molar-refractivity contribution is 0.406. The number of halogens is 1. The maximum atomic E-state index is 13.1. The summed E-state index contributed by atoms with van der Waals surface area (Å²) in [6.07, 6.45) is 1.64. The molecule has 1 aromatic carbocycles. The van der Waals surface area contributed by atoms with Crippen molar-refractivity contribution < 1.29 is 17.5 Å². The lowest BCUT2D eigenvalue weighted by atomic mass is 10.1. The number of aromatic nitrogens is 1. The second kappa shape index (κ2) is 7.06. The van der Waals surface area contributed by atoms with E-state index in [0.717, 1.165) is 11.1 Å². The first kappa shape index (κ1) is 17.4. The molecule has 2 rings (SSSR count). The average Bonchev–Trinajstić information content (AvgIpc) is 2.46. The van der Waals surface area contributed by atoms with Crippen molar-refractivity contribution >= 4 is 10.0 Å². The molecule has 124 valence electrons. The van der Waals surface area contributed by atoms with E-state index in [1.807, 2.05) is 13.8 Å². The minimum Gasteiger partial charge on any atom is -0.496 e. The maximum Gasteiger partial charge on any atom is 0.216 e. The first-order valence-electron chi connectivity index (χ1n) is 7.03. The van der Waals surface area contributed by atoms with Crippen LogP contribution in [0.2, 0.25) is 0 Å². The highest BCUT2D eigenvalue weighted by molar-refractivity contribution is 7.88. The summed E-state index contributed by atoms with van der Waals surface area (Å²) in [5, 5.41) is 0. The van der Waals surface area contributed by atoms with Crippen molar-refractivity contribution in [3.63, 3.8) is 0 Å². The summed E-state index contributed by atoms with van der Waals surface area (Å²) in [4.78, 5) is 4.24. The Morgan fingerprint density at radius 3 is 2.70 bits per heavy atom. The highest BCUT2D eigenvalue weighted by Gasteiger charge is 2.15. The van der Waals surface area contributed by atoms with Gasteiger partial charge in [-0.25, -0.2) is 17.5 Å². The van der Waals surface area contributed by atoms with Gasteiger partial charge >= 0.3 is 0 Å². The Morgan fingerprint density at radius 2 is 2.04 bits per heavy atom. The Hall–Kier alpha value is -1.99. The van der Waals surface area contributed by atoms with Crippen LogP contribution in [0.1, 0.15) is 22.4 Å². The molecule has 0 aliphatic heterocycles. The molecule has 0 amide bonds. The molecule has 0 radical (unpaired) electrons. The van der Waals surface area contributed by atoms with Gasteiger partial charge in [0.05, 0.1) is 25.1 Å². The standard InChI is InChI=1S/C16H19FN2O3S/c1-11-8-18-15(12(2)16(11)22-3)9-19-23(20,21)10-13-5-4-6-14(17)7-13/h4-8,19H,9-10H2,1-3H3. The van der Waals surface area contributed by atoms with Crippen molar-refractivity contribution in [2.24, 2.45) is 0 Å². The molecule has 2 aromatic rings. The van der Waals surface area contributed by atoms with Gasteiger partial charge in [0.2, 0.25) is 10.0 Å². The molecule has 1 heterocycles. The molecule has 1 aromatic heterocycles. The van der Waals surface area contributed by atoms with Crippen molar-refractivity contribution in [1.82, 2.24) is 9.71 Å². The summed E-state index contributed by atoms with van der Waals surface area (Å²) in [6.45, 7) is 3.76. The minimum atomic E-state index is -3.59. The van der Waals surface area contributed by atoms with Crippen LogP contribution in [-0.2, 0) is 22.3 Å². The van der Waals surface area contributed by atoms with Gasteiger partial charge in [-0.3, -0.25) is 4.98 Å². The number of ether oxygens (including phenoxy) is 1. The molecule has 0 atom stereocenters. The predicted molar refractivity (Wildman–Crippen MR) is 86.1 cm³/mol. The highest BCUT2D eigenvalue weighted by Crippen LogP contribution is 2.23. The van der Waals surface area contributed by atoms with Crippen molar-refractivity contribution in [2.45, 2.75) is 26.1 Å². The second-order valence-electron chi connectivity index (χ2n) is 5.26. The zero-order valence-electron chi connectivity index (χ0n) is 13.3. The number of benzene rings is 1. The monoisotopic (exact) mass is 338 g/mol. The lowest BCUT2D eigenvalue weighted by Gasteiger charge is -2.13. The fraction of sp³-hybridized carbons (Fsp3) is 0.312. The van der Waals surface area contributed by atoms with Gasteiger partial charge in [0, 0.05) is 17.3 Å². The fourth-order valence-corrected chi connectivity index (χ4v) is 3.40. The summed E-state index contributed by atoms with van der Waals surface area (Å²) in [6, 6.07) is 5.53. The molecule has 0 aliphatic carbocycles. The molecule has 0 fully saturated rings. The van der Waals surface area contributed by atoms with E-state index in [-0.39, 0.29) is 12.3 Å². The number of nitrogens with zero attached hydrogens (tertiary/aromatic N) is 1. The van der Waals surface area contributed by atoms with Crippen LogP contribution in [0.4, 0.5) is 4.39 Å². The van der Waals surface area contributed by atoms with Crippen LogP contribution in [0.25, 0.3) is 0 Å². The van der Waals surface area contributed by atoms with E-state index < -0.39 is 15.8 Å². The Balaban J connectivity index is 2.11. The van der Waals surface area contributed by atoms with E-state index in [0.29, 0.717) is 17.0 Å². The second-order valence-corrected chi connectivity index (χ2v) is 7.06. The predicted octanol–water partition coefficient (Wildman–Crippen LogP) is 2.47. The molecular formula is C16H19FN2O3S. The summed E-state index contributed by atoms with van der Waals surface area (Å²) < 4.78 is 45.2. The number of hydrogen-bond acceptors (Lipinski definition) is 4. The van der Waals surface area contributed by atoms with Crippen LogP contribution >= 0.6 is 0 Å². The largest absolute Gasteiger partial charge is 0.496 e. The lowest BCUT2D eigenvalue weighted by Crippen LogP contribution is -2.25. The van der Waals surface area contributed by atoms with E-state index in [1.165, 1.54) is 18.2 Å². The van der Waals surface area contributed by atoms with Gasteiger partial charge in [-0.1, -0.05) is 12.1 Å². The molecule has 1 N–H and O–H groups in total. The summed E-state index contributed by atoms with van der Waals surface area (Å²) in [5.41, 5.74) is 2.66. The molecule has 23 heavy (non-hydrogen) atoms. The maximum absolute atomic E-state index is 13.1. The van der Waals surface area contributed by atoms with Crippen molar-refractivity contribution in [3.05, 3.63) is 58.7 Å². The van der Waals surface area contributed by atoms with Crippen LogP contribution in [0.5, 0.6) is 5.75 Å². The van der Waals surface area contributed by atoms with Gasteiger partial charge < -0.3 is 4.74 Å². The molecule has 0 bridgehead atoms. The number of aryl methyl sites for hydroxylation is 1. The molecule has 5 nitrogen and oxygen atoms in total. The van der Waals surface area contributed by atoms with Crippen LogP contribution < -0.4 is 9.46 Å². The molecule has 7 heteroatoms. The fourth-order valence-electron chi connectivity index (χ4n) is 2.32. The third-order valence-corrected chi connectivity index (χ3v) is 4.75. The smallest absolute Gasteiger partial charge is 0.216 e. The molecule has 0 saturated heterocycles. The Bertz CT molecular complexity index is 807. The average molecular weight is 338 g/mol. The van der Waals surface area contributed by atoms with Crippen LogP contribution in [0.15, 0.2) is 30.5 Å². The van der Waals surface area contributed by atoms with Gasteiger partial charge in [-0.05, 0) is 31.5 Å². The van der Waals surface area contributed by atoms with Gasteiger partial charge in [0.25, 0.3) is 0 Å². The molecule has 0 spiro atoms. The van der Waals surface area contributed by atoms with E-state index in [9.17, 15) is 12.8 Å². The molecule has 0 unspecified atom stereocenters. The molecule has 0 saturated carbocycles. The van der Waals surface area contributed by atoms with E-state index in [1.54, 1.807) is 19.4 Å². The number of sulfonamides is 1. The van der Waals surface area contributed by atoms with Crippen molar-refractivity contribution in [1.29, 1.82) is 0 Å². The van der Waals surface area contributed by atoms with Gasteiger partial charge in [-0.15, -0.1) is 0 Å². The van der Waals surface area contributed by atoms with Crippen LogP contribution in [0.3, 0.4) is 0 Å². The van der Waals surface area contributed by atoms with Crippen molar-refractivity contribution in [2.75, 3.05) is 7.11 Å². The number of hydrogen-bond donors (Lipinski definition) is 1. The minimum absolute atomic E-state index is 0.0557. The van der Waals surface area contributed by atoms with Gasteiger partial charge in [-0.2, -0.15) is 0 Å². The number of pyridine rings is 1. The van der Waals surface area contributed by atoms with Crippen LogP contribution in [-0.4, -0.2) is 20.5 Å². The van der Waals surface area contributed by atoms with Crippen LogP contribution in [0, 0.1) is 19.7 Å². The quantitative estimate of drug-likeness (QED) is 0.878. The third kappa shape index (κ3) is 4.49. The first-order valence-corrected chi connectivity index (χ1v) is 8.68. The SMILES string of the molecule is COc1c(C)cnc(CNS(=O)(=O)Cc2cccc(F)c2)c1C. The van der Waals surface area contributed by atoms with E-state index in [4.69, 9.17) is 4.74 Å². The zero-order chi connectivity index (χ0) is 17.0. The number of methoxy groups -OCH3 is 1. The zero-order valence-corrected chi connectivity index (χ0v) is 14.1. The van der Waals surface area contributed by atoms with E-state index in [2.05, 4.69) is 9.71 Å².